The van der Waals surface area contributed by atoms with Gasteiger partial charge in [0.05, 0.1) is 21.4 Å². The van der Waals surface area contributed by atoms with E-state index in [4.69, 9.17) is 23.2 Å². The van der Waals surface area contributed by atoms with Crippen molar-refractivity contribution in [3.63, 3.8) is 0 Å². The Labute approximate surface area is 236 Å². The molecule has 0 N–H and O–H groups in total. The number of hydrogen-bond acceptors (Lipinski definition) is 2. The van der Waals surface area contributed by atoms with Gasteiger partial charge in [-0.1, -0.05) is 83.8 Å². The summed E-state index contributed by atoms with van der Waals surface area (Å²) >= 11 is 15.4. The molecule has 0 aliphatic heterocycles. The lowest BCUT2D eigenvalue weighted by atomic mass is 9.63. The van der Waals surface area contributed by atoms with Gasteiger partial charge in [0.25, 0.3) is 0 Å². The van der Waals surface area contributed by atoms with E-state index in [9.17, 15) is 0 Å². The number of hydrogen-bond donors (Lipinski definition) is 0. The lowest BCUT2D eigenvalue weighted by Gasteiger charge is -2.42. The highest BCUT2D eigenvalue weighted by molar-refractivity contribution is 7.17. The monoisotopic (exact) mass is 549 g/mol. The number of halogens is 2. The van der Waals surface area contributed by atoms with Crippen molar-refractivity contribution in [1.82, 2.24) is 0 Å². The molecule has 0 fully saturated rings. The van der Waals surface area contributed by atoms with E-state index < -0.39 is 0 Å². The molecule has 0 bridgehead atoms. The van der Waals surface area contributed by atoms with Crippen LogP contribution in [0, 0.1) is 6.92 Å². The van der Waals surface area contributed by atoms with Crippen LogP contribution in [0.25, 0.3) is 10.1 Å². The van der Waals surface area contributed by atoms with E-state index in [0.717, 1.165) is 22.6 Å². The molecule has 0 atom stereocenters. The van der Waals surface area contributed by atoms with Crippen molar-refractivity contribution >= 4 is 61.7 Å². The summed E-state index contributed by atoms with van der Waals surface area (Å²) in [6.07, 6.45) is 2.37. The van der Waals surface area contributed by atoms with Gasteiger partial charge >= 0.3 is 0 Å². The predicted molar refractivity (Wildman–Crippen MR) is 165 cm³/mol. The van der Waals surface area contributed by atoms with Crippen LogP contribution in [0.2, 0.25) is 10.0 Å². The van der Waals surface area contributed by atoms with Crippen LogP contribution in [0.4, 0.5) is 17.1 Å². The Hall–Kier alpha value is -2.00. The van der Waals surface area contributed by atoms with Crippen LogP contribution < -0.4 is 4.90 Å². The average molecular weight is 551 g/mol. The van der Waals surface area contributed by atoms with Gasteiger partial charge in [0, 0.05) is 21.2 Å². The summed E-state index contributed by atoms with van der Waals surface area (Å²) in [5.74, 6) is 0. The van der Waals surface area contributed by atoms with Crippen molar-refractivity contribution in [3.8, 4) is 0 Å². The van der Waals surface area contributed by atoms with Gasteiger partial charge in [-0.25, -0.2) is 0 Å². The van der Waals surface area contributed by atoms with Gasteiger partial charge in [-0.15, -0.1) is 11.3 Å². The van der Waals surface area contributed by atoms with Crippen LogP contribution >= 0.6 is 34.5 Å². The van der Waals surface area contributed by atoms with Gasteiger partial charge in [-0.3, -0.25) is 0 Å². The molecule has 0 unspecified atom stereocenters. The topological polar surface area (TPSA) is 3.24 Å². The average Bonchev–Trinajstić information content (AvgIpc) is 3.23. The largest absolute Gasteiger partial charge is 0.307 e. The smallest absolute Gasteiger partial charge is 0.0833 e. The minimum Gasteiger partial charge on any atom is -0.307 e. The normalized spacial score (nSPS) is 16.6. The number of aryl methyl sites for hydroxylation is 1. The third kappa shape index (κ3) is 4.71. The summed E-state index contributed by atoms with van der Waals surface area (Å²) in [7, 11) is 0. The lowest BCUT2D eigenvalue weighted by molar-refractivity contribution is 0.332. The Balaban J connectivity index is 1.81. The molecule has 0 saturated heterocycles. The summed E-state index contributed by atoms with van der Waals surface area (Å²) in [4.78, 5) is 2.32. The van der Waals surface area contributed by atoms with E-state index in [-0.39, 0.29) is 16.2 Å². The number of fused-ring (bicyclic) bond motifs is 2. The van der Waals surface area contributed by atoms with Crippen LogP contribution in [0.5, 0.6) is 0 Å². The summed E-state index contributed by atoms with van der Waals surface area (Å²) in [5.41, 5.74) is 8.79. The van der Waals surface area contributed by atoms with E-state index in [1.165, 1.54) is 39.6 Å². The highest BCUT2D eigenvalue weighted by Gasteiger charge is 2.37. The quantitative estimate of drug-likeness (QED) is 0.245. The summed E-state index contributed by atoms with van der Waals surface area (Å²) in [6.45, 7) is 18.4. The fraction of sp³-hybridized carbons (Fsp3) is 0.394. The predicted octanol–water partition coefficient (Wildman–Crippen LogP) is 11.6. The number of rotatable bonds is 3. The molecule has 1 aromatic heterocycles. The van der Waals surface area contributed by atoms with Crippen molar-refractivity contribution in [2.45, 2.75) is 84.5 Å². The van der Waals surface area contributed by atoms with Crippen molar-refractivity contribution in [2.24, 2.45) is 0 Å². The first-order chi connectivity index (χ1) is 17.2. The first-order valence-corrected chi connectivity index (χ1v) is 14.8. The summed E-state index contributed by atoms with van der Waals surface area (Å²) < 4.78 is 1.27. The van der Waals surface area contributed by atoms with Crippen LogP contribution in [0.1, 0.15) is 83.6 Å². The van der Waals surface area contributed by atoms with Crippen LogP contribution in [0.15, 0.2) is 53.9 Å². The SMILES string of the molecule is Cc1cc(Cl)c(Cl)c(N(c2ccc3c(c2)C(C)(C)CCC3(C)C)c2csc3ccc(C(C)(C)C)cc23)c1. The van der Waals surface area contributed by atoms with Crippen molar-refractivity contribution in [2.75, 3.05) is 4.90 Å². The molecule has 1 heterocycles. The summed E-state index contributed by atoms with van der Waals surface area (Å²) in [5, 5.41) is 4.66. The Morgan fingerprint density at radius 1 is 0.811 bits per heavy atom. The zero-order chi connectivity index (χ0) is 26.9. The minimum atomic E-state index is 0.0595. The first-order valence-electron chi connectivity index (χ1n) is 13.1. The Morgan fingerprint density at radius 2 is 1.49 bits per heavy atom. The number of benzene rings is 3. The van der Waals surface area contributed by atoms with Crippen LogP contribution in [-0.4, -0.2) is 0 Å². The fourth-order valence-electron chi connectivity index (χ4n) is 5.65. The van der Waals surface area contributed by atoms with Crippen molar-refractivity contribution < 1.29 is 0 Å². The zero-order valence-electron chi connectivity index (χ0n) is 23.2. The molecule has 4 aromatic rings. The molecule has 0 amide bonds. The lowest BCUT2D eigenvalue weighted by Crippen LogP contribution is -2.34. The standard InChI is InChI=1S/C33H37Cl2NS/c1-20-15-26(34)30(35)27(16-20)36(28-19-37-29-12-9-21(17-23(28)29)31(2,3)4)22-10-11-24-25(18-22)33(7,8)14-13-32(24,5)6/h9-12,15-19H,13-14H2,1-8H3. The molecular weight excluding hydrogens is 513 g/mol. The van der Waals surface area contributed by atoms with Gasteiger partial charge in [-0.05, 0) is 94.7 Å². The van der Waals surface area contributed by atoms with Gasteiger partial charge in [0.15, 0.2) is 0 Å². The number of thiophene rings is 1. The molecule has 4 heteroatoms. The number of nitrogens with zero attached hydrogens (tertiary/aromatic N) is 1. The molecule has 5 rings (SSSR count). The van der Waals surface area contributed by atoms with Crippen molar-refractivity contribution in [3.05, 3.63) is 86.2 Å². The van der Waals surface area contributed by atoms with Gasteiger partial charge in [0.2, 0.25) is 0 Å². The van der Waals surface area contributed by atoms with Gasteiger partial charge in [-0.2, -0.15) is 0 Å². The molecule has 1 nitrogen and oxygen atoms in total. The van der Waals surface area contributed by atoms with E-state index in [0.29, 0.717) is 10.0 Å². The zero-order valence-corrected chi connectivity index (χ0v) is 25.6. The Kier molecular flexibility index (Phi) is 6.50. The third-order valence-corrected chi connectivity index (χ3v) is 9.89. The Bertz CT molecular complexity index is 1500. The molecule has 1 aliphatic carbocycles. The van der Waals surface area contributed by atoms with E-state index in [1.807, 2.05) is 6.07 Å². The second kappa shape index (κ2) is 9.04. The van der Waals surface area contributed by atoms with E-state index in [2.05, 4.69) is 108 Å². The van der Waals surface area contributed by atoms with Gasteiger partial charge < -0.3 is 4.90 Å². The second-order valence-corrected chi connectivity index (χ2v) is 14.7. The summed E-state index contributed by atoms with van der Waals surface area (Å²) in [6, 6.07) is 18.0. The molecule has 0 radical (unpaired) electrons. The van der Waals surface area contributed by atoms with E-state index in [1.54, 1.807) is 11.3 Å². The minimum absolute atomic E-state index is 0.0595. The molecule has 194 valence electrons. The maximum atomic E-state index is 6.96. The fourth-order valence-corrected chi connectivity index (χ4v) is 7.02. The third-order valence-electron chi connectivity index (χ3n) is 8.15. The van der Waals surface area contributed by atoms with Gasteiger partial charge in [0.1, 0.15) is 0 Å². The molecular formula is C33H37Cl2NS. The van der Waals surface area contributed by atoms with E-state index >= 15 is 0 Å². The molecule has 3 aromatic carbocycles. The maximum Gasteiger partial charge on any atom is 0.0833 e. The first kappa shape index (κ1) is 26.6. The van der Waals surface area contributed by atoms with Crippen LogP contribution in [-0.2, 0) is 16.2 Å². The second-order valence-electron chi connectivity index (χ2n) is 13.0. The molecule has 0 saturated carbocycles. The van der Waals surface area contributed by atoms with Crippen LogP contribution in [0.3, 0.4) is 0 Å². The molecule has 37 heavy (non-hydrogen) atoms. The highest BCUT2D eigenvalue weighted by atomic mass is 35.5. The highest BCUT2D eigenvalue weighted by Crippen LogP contribution is 2.51. The molecule has 1 aliphatic rings. The number of anilines is 3. The molecule has 0 spiro atoms. The Morgan fingerprint density at radius 3 is 2.16 bits per heavy atom. The van der Waals surface area contributed by atoms with Crippen molar-refractivity contribution in [1.29, 1.82) is 0 Å². The maximum absolute atomic E-state index is 6.96.